The molecule has 6 rings (SSSR count). The zero-order valence-electron chi connectivity index (χ0n) is 23.9. The summed E-state index contributed by atoms with van der Waals surface area (Å²) in [5, 5.41) is 3.38. The molecule has 1 N–H and O–H groups in total. The Morgan fingerprint density at radius 2 is 1.84 bits per heavy atom. The van der Waals surface area contributed by atoms with E-state index in [1.807, 2.05) is 30.3 Å². The molecule has 0 spiro atoms. The van der Waals surface area contributed by atoms with Crippen LogP contribution < -0.4 is 10.7 Å². The molecule has 0 saturated carbocycles. The predicted molar refractivity (Wildman–Crippen MR) is 163 cm³/mol. The molecule has 2 aromatic heterocycles. The molecule has 1 aliphatic heterocycles. The fourth-order valence-electron chi connectivity index (χ4n) is 5.51. The lowest BCUT2D eigenvalue weighted by atomic mass is 10.1. The average molecular weight is 604 g/mol. The average Bonchev–Trinajstić information content (AvgIpc) is 3.50. The molecule has 0 amide bonds. The van der Waals surface area contributed by atoms with Crippen LogP contribution in [0.2, 0.25) is 0 Å². The third-order valence-electron chi connectivity index (χ3n) is 7.82. The van der Waals surface area contributed by atoms with Gasteiger partial charge in [-0.15, -0.1) is 0 Å². The number of carbonyl (C=O) groups excluding carboxylic acids is 1. The summed E-state index contributed by atoms with van der Waals surface area (Å²) in [7, 11) is -3.35. The third-order valence-corrected chi connectivity index (χ3v) is 9.69. The topological polar surface area (TPSA) is 133 Å². The zero-order chi connectivity index (χ0) is 30.0. The maximum atomic E-state index is 13.3. The lowest BCUT2D eigenvalue weighted by molar-refractivity contribution is 0.0524. The Morgan fingerprint density at radius 1 is 1.07 bits per heavy atom. The Morgan fingerprint density at radius 3 is 2.60 bits per heavy atom. The first kappa shape index (κ1) is 29.0. The summed E-state index contributed by atoms with van der Waals surface area (Å²) in [6.45, 7) is 3.47. The number of aromatic nitrogens is 3. The van der Waals surface area contributed by atoms with E-state index in [1.54, 1.807) is 11.5 Å². The van der Waals surface area contributed by atoms with Gasteiger partial charge in [-0.1, -0.05) is 18.2 Å². The van der Waals surface area contributed by atoms with Crippen molar-refractivity contribution in [2.75, 3.05) is 44.0 Å². The van der Waals surface area contributed by atoms with E-state index in [-0.39, 0.29) is 29.3 Å². The summed E-state index contributed by atoms with van der Waals surface area (Å²) in [5.74, 6) is -0.389. The number of hydrogen-bond donors (Lipinski definition) is 1. The van der Waals surface area contributed by atoms with Gasteiger partial charge >= 0.3 is 5.97 Å². The highest BCUT2D eigenvalue weighted by Crippen LogP contribution is 2.26. The monoisotopic (exact) mass is 603 g/mol. The van der Waals surface area contributed by atoms with Crippen LogP contribution in [-0.2, 0) is 38.8 Å². The second-order valence-corrected chi connectivity index (χ2v) is 12.7. The molecular weight excluding hydrogens is 570 g/mol. The number of esters is 1. The fraction of sp³-hybridized carbons (Fsp3) is 0.355. The van der Waals surface area contributed by atoms with Crippen LogP contribution in [0.25, 0.3) is 16.7 Å². The molecular formula is C31H33N5O6S. The van der Waals surface area contributed by atoms with Crippen LogP contribution in [0.1, 0.15) is 40.4 Å². The van der Waals surface area contributed by atoms with E-state index < -0.39 is 21.4 Å². The van der Waals surface area contributed by atoms with Crippen LogP contribution in [0.4, 0.5) is 11.6 Å². The van der Waals surface area contributed by atoms with Crippen molar-refractivity contribution in [1.82, 2.24) is 18.8 Å². The largest absolute Gasteiger partial charge is 0.462 e. The minimum atomic E-state index is -3.35. The first-order valence-electron chi connectivity index (χ1n) is 14.5. The first-order chi connectivity index (χ1) is 20.8. The van der Waals surface area contributed by atoms with E-state index in [4.69, 9.17) is 9.47 Å². The van der Waals surface area contributed by atoms with Crippen LogP contribution in [0.15, 0.2) is 59.7 Å². The third kappa shape index (κ3) is 6.17. The minimum absolute atomic E-state index is 0.0293. The summed E-state index contributed by atoms with van der Waals surface area (Å²) in [6, 6.07) is 13.5. The van der Waals surface area contributed by atoms with Crippen molar-refractivity contribution in [3.05, 3.63) is 87.3 Å². The van der Waals surface area contributed by atoms with Gasteiger partial charge in [-0.3, -0.25) is 4.79 Å². The Labute approximate surface area is 249 Å². The number of pyridine rings is 1. The maximum absolute atomic E-state index is 13.3. The Bertz CT molecular complexity index is 1830. The molecule has 224 valence electrons. The van der Waals surface area contributed by atoms with Crippen molar-refractivity contribution in [1.29, 1.82) is 0 Å². The molecule has 3 heterocycles. The predicted octanol–water partition coefficient (Wildman–Crippen LogP) is 3.39. The smallest absolute Gasteiger partial charge is 0.343 e. The highest BCUT2D eigenvalue weighted by atomic mass is 32.2. The van der Waals surface area contributed by atoms with Gasteiger partial charge in [0.2, 0.25) is 21.4 Å². The van der Waals surface area contributed by atoms with Crippen LogP contribution >= 0.6 is 0 Å². The van der Waals surface area contributed by atoms with E-state index >= 15 is 0 Å². The molecule has 0 radical (unpaired) electrons. The van der Waals surface area contributed by atoms with Crippen LogP contribution in [0.3, 0.4) is 0 Å². The molecule has 43 heavy (non-hydrogen) atoms. The van der Waals surface area contributed by atoms with Gasteiger partial charge < -0.3 is 19.4 Å². The number of anilines is 2. The lowest BCUT2D eigenvalue weighted by Gasteiger charge is -2.26. The molecule has 1 fully saturated rings. The number of aryl methyl sites for hydroxylation is 3. The number of rotatable bonds is 9. The maximum Gasteiger partial charge on any atom is 0.343 e. The van der Waals surface area contributed by atoms with E-state index in [0.717, 1.165) is 30.5 Å². The number of morpholine rings is 1. The molecule has 11 nitrogen and oxygen atoms in total. The van der Waals surface area contributed by atoms with Crippen LogP contribution in [-0.4, -0.2) is 71.9 Å². The summed E-state index contributed by atoms with van der Waals surface area (Å²) in [6.07, 6.45) is 6.41. The van der Waals surface area contributed by atoms with Gasteiger partial charge in [-0.05, 0) is 73.6 Å². The highest BCUT2D eigenvalue weighted by molar-refractivity contribution is 7.89. The van der Waals surface area contributed by atoms with Crippen molar-refractivity contribution in [2.24, 2.45) is 0 Å². The molecule has 2 aliphatic rings. The second kappa shape index (κ2) is 12.2. The van der Waals surface area contributed by atoms with Gasteiger partial charge in [0.05, 0.1) is 31.0 Å². The SMILES string of the molecule is CCOC(=O)c1cn(-c2ccc3c(c2)CCC3)c2nc(Nc3ccc(CCS(=O)(=O)N4CCOCC4)cc3)ncc2c1=O. The highest BCUT2D eigenvalue weighted by Gasteiger charge is 2.24. The molecule has 2 aromatic carbocycles. The van der Waals surface area contributed by atoms with Gasteiger partial charge in [0.1, 0.15) is 5.56 Å². The molecule has 0 bridgehead atoms. The number of ether oxygens (including phenoxy) is 2. The number of nitrogens with zero attached hydrogens (tertiary/aromatic N) is 4. The fourth-order valence-corrected chi connectivity index (χ4v) is 6.97. The van der Waals surface area contributed by atoms with Crippen molar-refractivity contribution >= 4 is 38.7 Å². The summed E-state index contributed by atoms with van der Waals surface area (Å²) in [4.78, 5) is 35.0. The number of benzene rings is 2. The summed E-state index contributed by atoms with van der Waals surface area (Å²) < 4.78 is 39.0. The first-order valence-corrected chi connectivity index (χ1v) is 16.1. The molecule has 12 heteroatoms. The van der Waals surface area contributed by atoms with Gasteiger partial charge in [0.25, 0.3) is 0 Å². The van der Waals surface area contributed by atoms with Crippen LogP contribution in [0.5, 0.6) is 0 Å². The Hall–Kier alpha value is -4.13. The molecule has 0 unspecified atom stereocenters. The van der Waals surface area contributed by atoms with Crippen molar-refractivity contribution in [3.63, 3.8) is 0 Å². The van der Waals surface area contributed by atoms with E-state index in [1.165, 1.54) is 27.8 Å². The van der Waals surface area contributed by atoms with Gasteiger partial charge in [-0.25, -0.2) is 18.2 Å². The number of hydrogen-bond acceptors (Lipinski definition) is 9. The van der Waals surface area contributed by atoms with Gasteiger partial charge in [-0.2, -0.15) is 9.29 Å². The number of sulfonamides is 1. The zero-order valence-corrected chi connectivity index (χ0v) is 24.7. The normalized spacial score (nSPS) is 15.4. The van der Waals surface area contributed by atoms with Gasteiger partial charge in [0, 0.05) is 36.9 Å². The number of fused-ring (bicyclic) bond motifs is 2. The second-order valence-electron chi connectivity index (χ2n) is 10.6. The molecule has 0 atom stereocenters. The van der Waals surface area contributed by atoms with Crippen molar-refractivity contribution < 1.29 is 22.7 Å². The van der Waals surface area contributed by atoms with E-state index in [2.05, 4.69) is 27.4 Å². The Kier molecular flexibility index (Phi) is 8.24. The molecule has 1 saturated heterocycles. The molecule has 1 aliphatic carbocycles. The van der Waals surface area contributed by atoms with Gasteiger partial charge in [0.15, 0.2) is 5.65 Å². The number of nitrogens with one attached hydrogen (secondary N) is 1. The Balaban J connectivity index is 1.27. The minimum Gasteiger partial charge on any atom is -0.462 e. The lowest BCUT2D eigenvalue weighted by Crippen LogP contribution is -2.42. The summed E-state index contributed by atoms with van der Waals surface area (Å²) in [5.41, 5.74) is 4.72. The number of carbonyl (C=O) groups is 1. The van der Waals surface area contributed by atoms with Crippen LogP contribution in [0, 0.1) is 0 Å². The molecule has 4 aromatic rings. The summed E-state index contributed by atoms with van der Waals surface area (Å²) >= 11 is 0. The standard InChI is InChI=1S/C31H33N5O6S/c1-2-42-30(38)27-20-36(25-11-8-22-4-3-5-23(22)18-25)29-26(28(27)37)19-32-31(34-29)33-24-9-6-21(7-10-24)12-17-43(39,40)35-13-15-41-16-14-35/h6-11,18-20H,2-5,12-17H2,1H3,(H,32,33,34). The van der Waals surface area contributed by atoms with Crippen molar-refractivity contribution in [3.8, 4) is 5.69 Å². The van der Waals surface area contributed by atoms with E-state index in [9.17, 15) is 18.0 Å². The van der Waals surface area contributed by atoms with Crippen molar-refractivity contribution in [2.45, 2.75) is 32.6 Å². The quantitative estimate of drug-likeness (QED) is 0.286. The van der Waals surface area contributed by atoms with E-state index in [0.29, 0.717) is 44.1 Å².